The number of amides is 1. The fraction of sp³-hybridized carbons (Fsp3) is 0.190. The average molecular weight is 409 g/mol. The van der Waals surface area contributed by atoms with Crippen molar-refractivity contribution in [2.24, 2.45) is 0 Å². The van der Waals surface area contributed by atoms with Crippen LogP contribution in [0, 0.1) is 0 Å². The van der Waals surface area contributed by atoms with Crippen LogP contribution >= 0.6 is 11.8 Å². The van der Waals surface area contributed by atoms with E-state index >= 15 is 0 Å². The molecule has 0 unspecified atom stereocenters. The molecular formula is C21H19N3O4S. The molecule has 0 spiro atoms. The quantitative estimate of drug-likeness (QED) is 0.622. The van der Waals surface area contributed by atoms with E-state index in [-0.39, 0.29) is 11.7 Å². The van der Waals surface area contributed by atoms with Gasteiger partial charge in [0, 0.05) is 17.3 Å². The van der Waals surface area contributed by atoms with E-state index in [1.165, 1.54) is 11.8 Å². The molecule has 2 aromatic carbocycles. The molecule has 7 nitrogen and oxygen atoms in total. The van der Waals surface area contributed by atoms with Crippen LogP contribution in [0.25, 0.3) is 11.3 Å². The molecule has 1 aromatic heterocycles. The Morgan fingerprint density at radius 1 is 1.03 bits per heavy atom. The highest BCUT2D eigenvalue weighted by molar-refractivity contribution is 7.99. The van der Waals surface area contributed by atoms with Crippen LogP contribution in [-0.2, 0) is 4.79 Å². The molecule has 148 valence electrons. The lowest BCUT2D eigenvalue weighted by Gasteiger charge is -2.18. The van der Waals surface area contributed by atoms with Crippen molar-refractivity contribution < 1.29 is 19.0 Å². The van der Waals surface area contributed by atoms with Crippen molar-refractivity contribution in [2.75, 3.05) is 31.4 Å². The van der Waals surface area contributed by atoms with Gasteiger partial charge in [0.25, 0.3) is 0 Å². The molecule has 0 saturated heterocycles. The third kappa shape index (κ3) is 4.78. The van der Waals surface area contributed by atoms with E-state index in [0.717, 1.165) is 17.0 Å². The van der Waals surface area contributed by atoms with Gasteiger partial charge >= 0.3 is 0 Å². The van der Waals surface area contributed by atoms with Gasteiger partial charge in [0.15, 0.2) is 11.5 Å². The normalized spacial score (nSPS) is 12.3. The summed E-state index contributed by atoms with van der Waals surface area (Å²) in [6, 6.07) is 16.7. The first kappa shape index (κ1) is 19.1. The molecule has 0 saturated carbocycles. The van der Waals surface area contributed by atoms with E-state index in [1.807, 2.05) is 36.4 Å². The summed E-state index contributed by atoms with van der Waals surface area (Å²) in [5.41, 5.74) is 2.38. The fourth-order valence-corrected chi connectivity index (χ4v) is 3.38. The molecule has 0 bridgehead atoms. The first-order valence-corrected chi connectivity index (χ1v) is 10.0. The average Bonchev–Trinajstić information content (AvgIpc) is 2.78. The zero-order valence-electron chi connectivity index (χ0n) is 15.8. The number of nitrogens with zero attached hydrogens (tertiary/aromatic N) is 2. The molecule has 1 aliphatic heterocycles. The SMILES string of the molecule is COc1ccc(-c2ccc(SCC(=O)Nc3ccc4c(c3)OCCO4)nn2)cc1. The van der Waals surface area contributed by atoms with Crippen LogP contribution < -0.4 is 19.5 Å². The highest BCUT2D eigenvalue weighted by atomic mass is 32.2. The van der Waals surface area contributed by atoms with Crippen LogP contribution in [0.2, 0.25) is 0 Å². The number of rotatable bonds is 6. The Morgan fingerprint density at radius 2 is 1.83 bits per heavy atom. The lowest BCUT2D eigenvalue weighted by molar-refractivity contribution is -0.113. The van der Waals surface area contributed by atoms with Crippen LogP contribution in [-0.4, -0.2) is 42.2 Å². The molecule has 8 heteroatoms. The highest BCUT2D eigenvalue weighted by Crippen LogP contribution is 2.32. The summed E-state index contributed by atoms with van der Waals surface area (Å²) in [6.45, 7) is 1.04. The van der Waals surface area contributed by atoms with Gasteiger partial charge in [-0.05, 0) is 48.5 Å². The molecule has 4 rings (SSSR count). The van der Waals surface area contributed by atoms with Gasteiger partial charge in [0.2, 0.25) is 5.91 Å². The first-order valence-electron chi connectivity index (χ1n) is 9.02. The zero-order chi connectivity index (χ0) is 20.1. The summed E-state index contributed by atoms with van der Waals surface area (Å²) < 4.78 is 16.2. The number of fused-ring (bicyclic) bond motifs is 1. The maximum absolute atomic E-state index is 12.2. The monoisotopic (exact) mass is 409 g/mol. The molecule has 0 radical (unpaired) electrons. The number of carbonyl (C=O) groups excluding carboxylic acids is 1. The fourth-order valence-electron chi connectivity index (χ4n) is 2.77. The van der Waals surface area contributed by atoms with Gasteiger partial charge in [-0.15, -0.1) is 10.2 Å². The summed E-state index contributed by atoms with van der Waals surface area (Å²) in [6.07, 6.45) is 0. The topological polar surface area (TPSA) is 82.6 Å². The van der Waals surface area contributed by atoms with Crippen LogP contribution in [0.5, 0.6) is 17.2 Å². The van der Waals surface area contributed by atoms with Crippen LogP contribution in [0.1, 0.15) is 0 Å². The van der Waals surface area contributed by atoms with Gasteiger partial charge in [-0.3, -0.25) is 4.79 Å². The second kappa shape index (κ2) is 8.83. The van der Waals surface area contributed by atoms with E-state index in [9.17, 15) is 4.79 Å². The summed E-state index contributed by atoms with van der Waals surface area (Å²) in [5, 5.41) is 12.0. The van der Waals surface area contributed by atoms with Gasteiger partial charge in [0.1, 0.15) is 24.0 Å². The third-order valence-corrected chi connectivity index (χ3v) is 5.12. The number of anilines is 1. The lowest BCUT2D eigenvalue weighted by Crippen LogP contribution is -2.17. The van der Waals surface area contributed by atoms with Crippen molar-refractivity contribution >= 4 is 23.4 Å². The van der Waals surface area contributed by atoms with E-state index < -0.39 is 0 Å². The summed E-state index contributed by atoms with van der Waals surface area (Å²) in [7, 11) is 1.63. The van der Waals surface area contributed by atoms with Crippen molar-refractivity contribution in [3.63, 3.8) is 0 Å². The maximum atomic E-state index is 12.2. The van der Waals surface area contributed by atoms with E-state index in [4.69, 9.17) is 14.2 Å². The summed E-state index contributed by atoms with van der Waals surface area (Å²) in [4.78, 5) is 12.2. The number of hydrogen-bond acceptors (Lipinski definition) is 7. The molecule has 0 aliphatic carbocycles. The number of ether oxygens (including phenoxy) is 3. The van der Waals surface area contributed by atoms with Crippen molar-refractivity contribution in [1.29, 1.82) is 0 Å². The third-order valence-electron chi connectivity index (χ3n) is 4.20. The number of nitrogens with one attached hydrogen (secondary N) is 1. The molecule has 1 aliphatic rings. The number of benzene rings is 2. The molecular weight excluding hydrogens is 390 g/mol. The Bertz CT molecular complexity index is 994. The smallest absolute Gasteiger partial charge is 0.234 e. The predicted molar refractivity (Wildman–Crippen MR) is 111 cm³/mol. The Morgan fingerprint density at radius 3 is 2.55 bits per heavy atom. The van der Waals surface area contributed by atoms with Gasteiger partial charge in [-0.1, -0.05) is 11.8 Å². The number of hydrogen-bond donors (Lipinski definition) is 1. The van der Waals surface area contributed by atoms with Crippen LogP contribution in [0.15, 0.2) is 59.6 Å². The second-order valence-electron chi connectivity index (χ2n) is 6.18. The van der Waals surface area contributed by atoms with Crippen molar-refractivity contribution in [2.45, 2.75) is 5.03 Å². The van der Waals surface area contributed by atoms with Gasteiger partial charge in [-0.2, -0.15) is 0 Å². The zero-order valence-corrected chi connectivity index (χ0v) is 16.6. The number of methoxy groups -OCH3 is 1. The molecule has 3 aromatic rings. The molecule has 2 heterocycles. The first-order chi connectivity index (χ1) is 14.2. The molecule has 0 fully saturated rings. The van der Waals surface area contributed by atoms with Crippen LogP contribution in [0.3, 0.4) is 0 Å². The second-order valence-corrected chi connectivity index (χ2v) is 7.18. The minimum absolute atomic E-state index is 0.132. The van der Waals surface area contributed by atoms with Gasteiger partial charge in [-0.25, -0.2) is 0 Å². The van der Waals surface area contributed by atoms with Crippen molar-refractivity contribution in [1.82, 2.24) is 10.2 Å². The van der Waals surface area contributed by atoms with Crippen molar-refractivity contribution in [3.05, 3.63) is 54.6 Å². The van der Waals surface area contributed by atoms with Crippen molar-refractivity contribution in [3.8, 4) is 28.5 Å². The standard InChI is InChI=1S/C21H19N3O4S/c1-26-16-5-2-14(3-6-16)17-7-9-21(24-23-17)29-13-20(25)22-15-4-8-18-19(12-15)28-11-10-27-18/h2-9,12H,10-11,13H2,1H3,(H,22,25). The summed E-state index contributed by atoms with van der Waals surface area (Å²) in [5.74, 6) is 2.22. The Kier molecular flexibility index (Phi) is 5.81. The Labute approximate surface area is 172 Å². The lowest BCUT2D eigenvalue weighted by atomic mass is 10.1. The maximum Gasteiger partial charge on any atom is 0.234 e. The molecule has 0 atom stereocenters. The van der Waals surface area contributed by atoms with Gasteiger partial charge in [0.05, 0.1) is 18.6 Å². The Balaban J connectivity index is 1.32. The van der Waals surface area contributed by atoms with Crippen LogP contribution in [0.4, 0.5) is 5.69 Å². The molecule has 1 amide bonds. The summed E-state index contributed by atoms with van der Waals surface area (Å²) >= 11 is 1.32. The number of carbonyl (C=O) groups is 1. The minimum Gasteiger partial charge on any atom is -0.497 e. The molecule has 29 heavy (non-hydrogen) atoms. The number of thioether (sulfide) groups is 1. The largest absolute Gasteiger partial charge is 0.497 e. The van der Waals surface area contributed by atoms with E-state index in [2.05, 4.69) is 15.5 Å². The van der Waals surface area contributed by atoms with E-state index in [1.54, 1.807) is 25.3 Å². The Hall–Kier alpha value is -3.26. The minimum atomic E-state index is -0.132. The number of aromatic nitrogens is 2. The highest BCUT2D eigenvalue weighted by Gasteiger charge is 2.13. The molecule has 1 N–H and O–H groups in total. The predicted octanol–water partition coefficient (Wildman–Crippen LogP) is 3.65. The van der Waals surface area contributed by atoms with E-state index in [0.29, 0.717) is 35.4 Å². The van der Waals surface area contributed by atoms with Gasteiger partial charge < -0.3 is 19.5 Å².